The molecule has 0 spiro atoms. The molecule has 0 amide bonds. The Morgan fingerprint density at radius 1 is 0.216 bits per heavy atom. The Labute approximate surface area is 471 Å². The molecule has 74 heavy (non-hydrogen) atoms. The second kappa shape index (κ2) is 37.1. The highest BCUT2D eigenvalue weighted by Crippen LogP contribution is 2.45. The molecular formula is C70H102S4. The molecule has 406 valence electrons. The van der Waals surface area contributed by atoms with E-state index in [9.17, 15) is 0 Å². The minimum atomic E-state index is 0.700. The van der Waals surface area contributed by atoms with Crippen molar-refractivity contribution in [2.45, 2.75) is 271 Å². The van der Waals surface area contributed by atoms with E-state index in [2.05, 4.69) is 125 Å². The second-order valence-corrected chi connectivity index (χ2v) is 26.7. The molecule has 4 heterocycles. The molecule has 0 atom stereocenters. The maximum Gasteiger partial charge on any atom is 0.0449 e. The normalized spacial score (nSPS) is 11.8. The highest BCUT2D eigenvalue weighted by molar-refractivity contribution is 7.29. The van der Waals surface area contributed by atoms with Crippen LogP contribution in [0.5, 0.6) is 0 Å². The lowest BCUT2D eigenvalue weighted by Gasteiger charge is -2.18. The van der Waals surface area contributed by atoms with Gasteiger partial charge in [-0.15, -0.1) is 45.3 Å². The highest BCUT2D eigenvalue weighted by atomic mass is 32.1. The summed E-state index contributed by atoms with van der Waals surface area (Å²) in [6.07, 6.45) is 50.3. The van der Waals surface area contributed by atoms with Gasteiger partial charge in [-0.3, -0.25) is 0 Å². The first-order valence-corrected chi connectivity index (χ1v) is 34.5. The largest absolute Gasteiger partial charge is 0.134 e. The van der Waals surface area contributed by atoms with Gasteiger partial charge >= 0.3 is 0 Å². The summed E-state index contributed by atoms with van der Waals surface area (Å²) in [7, 11) is 0. The minimum Gasteiger partial charge on any atom is -0.134 e. The SMILES string of the molecule is CCCCCCCCCCC(CCCCCCCCCC)c1ccc(-c2ccc(-c3ccc(-c4ccc(-c5ccc(-c6ccc(C(CCCCCCCCCC)CCCCCCCCCC)cc6)s5)s4)s3)s2)cc1. The zero-order valence-electron chi connectivity index (χ0n) is 47.5. The van der Waals surface area contributed by atoms with Crippen molar-refractivity contribution in [2.24, 2.45) is 0 Å². The van der Waals surface area contributed by atoms with Crippen LogP contribution in [0.3, 0.4) is 0 Å². The van der Waals surface area contributed by atoms with Crippen LogP contribution in [0, 0.1) is 0 Å². The summed E-state index contributed by atoms with van der Waals surface area (Å²) in [5, 5.41) is 0. The molecule has 0 saturated carbocycles. The quantitative estimate of drug-likeness (QED) is 0.0335. The van der Waals surface area contributed by atoms with Gasteiger partial charge in [-0.2, -0.15) is 0 Å². The van der Waals surface area contributed by atoms with Crippen LogP contribution in [0.15, 0.2) is 97.1 Å². The van der Waals surface area contributed by atoms with Crippen LogP contribution < -0.4 is 0 Å². The summed E-state index contributed by atoms with van der Waals surface area (Å²) in [5.41, 5.74) is 5.86. The van der Waals surface area contributed by atoms with E-state index < -0.39 is 0 Å². The van der Waals surface area contributed by atoms with Gasteiger partial charge in [-0.1, -0.05) is 282 Å². The molecule has 0 aliphatic carbocycles. The Balaban J connectivity index is 1.01. The lowest BCUT2D eigenvalue weighted by molar-refractivity contribution is 0.483. The lowest BCUT2D eigenvalue weighted by atomic mass is 9.87. The molecule has 0 N–H and O–H groups in total. The molecule has 0 unspecified atom stereocenters. The summed E-state index contributed by atoms with van der Waals surface area (Å²) in [6, 6.07) is 38.4. The van der Waals surface area contributed by atoms with Crippen molar-refractivity contribution in [3.63, 3.8) is 0 Å². The van der Waals surface area contributed by atoms with Crippen LogP contribution in [0.1, 0.15) is 282 Å². The summed E-state index contributed by atoms with van der Waals surface area (Å²) in [4.78, 5) is 11.0. The Morgan fingerprint density at radius 2 is 0.405 bits per heavy atom. The van der Waals surface area contributed by atoms with Gasteiger partial charge in [0.15, 0.2) is 0 Å². The molecule has 0 aliphatic rings. The number of rotatable bonds is 43. The number of hydrogen-bond donors (Lipinski definition) is 0. The molecule has 4 aromatic heterocycles. The molecule has 0 nitrogen and oxygen atoms in total. The molecule has 6 aromatic rings. The van der Waals surface area contributed by atoms with Crippen molar-refractivity contribution >= 4 is 45.3 Å². The fraction of sp³-hybridized carbons (Fsp3) is 0.600. The molecule has 0 fully saturated rings. The third-order valence-electron chi connectivity index (χ3n) is 16.1. The van der Waals surface area contributed by atoms with Crippen molar-refractivity contribution in [1.82, 2.24) is 0 Å². The Bertz CT molecular complexity index is 2080. The van der Waals surface area contributed by atoms with Gasteiger partial charge < -0.3 is 0 Å². The molecule has 0 aliphatic heterocycles. The summed E-state index contributed by atoms with van der Waals surface area (Å²) in [6.45, 7) is 9.28. The van der Waals surface area contributed by atoms with Gasteiger partial charge in [0.05, 0.1) is 0 Å². The van der Waals surface area contributed by atoms with E-state index in [1.54, 1.807) is 11.1 Å². The Morgan fingerprint density at radius 3 is 0.635 bits per heavy atom. The maximum absolute atomic E-state index is 2.48. The second-order valence-electron chi connectivity index (χ2n) is 22.3. The van der Waals surface area contributed by atoms with E-state index in [1.165, 1.54) is 281 Å². The molecule has 0 bridgehead atoms. The average Bonchev–Trinajstić information content (AvgIpc) is 4.29. The fourth-order valence-corrected chi connectivity index (χ4v) is 15.7. The highest BCUT2D eigenvalue weighted by Gasteiger charge is 2.17. The van der Waals surface area contributed by atoms with E-state index in [1.807, 2.05) is 45.3 Å². The smallest absolute Gasteiger partial charge is 0.0449 e. The van der Waals surface area contributed by atoms with E-state index in [0.29, 0.717) is 11.8 Å². The van der Waals surface area contributed by atoms with Crippen molar-refractivity contribution < 1.29 is 0 Å². The van der Waals surface area contributed by atoms with Crippen molar-refractivity contribution in [1.29, 1.82) is 0 Å². The first-order valence-electron chi connectivity index (χ1n) is 31.2. The standard InChI is InChI=1S/C70H102S4/c1-5-9-13-17-21-25-29-33-37-57(38-34-30-26-22-18-14-10-6-2)59-41-45-61(46-42-59)63-49-51-65(71-63)67-53-55-69(73-67)70-56-54-68(74-70)66-52-50-64(72-66)62-47-43-60(44-48-62)58(39-35-31-27-23-19-15-11-7-3)40-36-32-28-24-20-16-12-8-4/h41-58H,5-40H2,1-4H3. The fourth-order valence-electron chi connectivity index (χ4n) is 11.3. The maximum atomic E-state index is 2.48. The van der Waals surface area contributed by atoms with Crippen LogP contribution in [0.25, 0.3) is 50.1 Å². The zero-order valence-corrected chi connectivity index (χ0v) is 50.7. The van der Waals surface area contributed by atoms with Crippen molar-refractivity contribution in [3.05, 3.63) is 108 Å². The monoisotopic (exact) mass is 1070 g/mol. The first kappa shape index (κ1) is 60.5. The topological polar surface area (TPSA) is 0 Å². The number of benzene rings is 2. The molecule has 6 rings (SSSR count). The third-order valence-corrected chi connectivity index (χ3v) is 21.1. The average molecular weight is 1070 g/mol. The Kier molecular flexibility index (Phi) is 30.3. The Hall–Kier alpha value is -2.76. The van der Waals surface area contributed by atoms with Gasteiger partial charge in [0, 0.05) is 39.0 Å². The molecule has 0 saturated heterocycles. The number of hydrogen-bond acceptors (Lipinski definition) is 4. The molecular weight excluding hydrogens is 969 g/mol. The zero-order chi connectivity index (χ0) is 51.7. The van der Waals surface area contributed by atoms with Crippen molar-refractivity contribution in [3.8, 4) is 50.1 Å². The third kappa shape index (κ3) is 21.9. The summed E-state index contributed by atoms with van der Waals surface area (Å²) >= 11 is 7.79. The van der Waals surface area contributed by atoms with Gasteiger partial charge in [-0.05, 0) is 108 Å². The predicted octanol–water partition coefficient (Wildman–Crippen LogP) is 26.6. The number of unbranched alkanes of at least 4 members (excludes halogenated alkanes) is 28. The van der Waals surface area contributed by atoms with Crippen LogP contribution in [-0.2, 0) is 0 Å². The van der Waals surface area contributed by atoms with Gasteiger partial charge in [0.25, 0.3) is 0 Å². The van der Waals surface area contributed by atoms with Crippen LogP contribution in [-0.4, -0.2) is 0 Å². The predicted molar refractivity (Wildman–Crippen MR) is 340 cm³/mol. The van der Waals surface area contributed by atoms with Crippen LogP contribution in [0.2, 0.25) is 0 Å². The first-order chi connectivity index (χ1) is 36.6. The van der Waals surface area contributed by atoms with Crippen LogP contribution in [0.4, 0.5) is 0 Å². The van der Waals surface area contributed by atoms with E-state index in [4.69, 9.17) is 0 Å². The molecule has 4 heteroatoms. The molecule has 2 aromatic carbocycles. The van der Waals surface area contributed by atoms with Crippen LogP contribution >= 0.6 is 45.3 Å². The molecule has 0 radical (unpaired) electrons. The van der Waals surface area contributed by atoms with Crippen molar-refractivity contribution in [2.75, 3.05) is 0 Å². The van der Waals surface area contributed by atoms with Gasteiger partial charge in [0.2, 0.25) is 0 Å². The van der Waals surface area contributed by atoms with E-state index in [-0.39, 0.29) is 0 Å². The van der Waals surface area contributed by atoms with E-state index in [0.717, 1.165) is 0 Å². The summed E-state index contributed by atoms with van der Waals surface area (Å²) < 4.78 is 0. The lowest BCUT2D eigenvalue weighted by Crippen LogP contribution is -2.00. The number of thiophene rings is 4. The minimum absolute atomic E-state index is 0.700. The van der Waals surface area contributed by atoms with Gasteiger partial charge in [-0.25, -0.2) is 0 Å². The summed E-state index contributed by atoms with van der Waals surface area (Å²) in [5.74, 6) is 1.40. The van der Waals surface area contributed by atoms with E-state index >= 15 is 0 Å². The van der Waals surface area contributed by atoms with Gasteiger partial charge in [0.1, 0.15) is 0 Å².